The Kier molecular flexibility index (Phi) is 4.50. The molecule has 1 N–H and O–H groups in total. The van der Waals surface area contributed by atoms with Gasteiger partial charge in [0.2, 0.25) is 0 Å². The summed E-state index contributed by atoms with van der Waals surface area (Å²) in [6.45, 7) is 0. The number of halogens is 9. The van der Waals surface area contributed by atoms with Gasteiger partial charge in [-0.3, -0.25) is 0 Å². The molecule has 1 rings (SSSR count). The van der Waals surface area contributed by atoms with Crippen molar-refractivity contribution < 1.29 is 44.3 Å². The first-order chi connectivity index (χ1) is 9.76. The molecule has 11 heteroatoms. The van der Waals surface area contributed by atoms with Crippen LogP contribution in [0.1, 0.15) is 0 Å². The molecule has 0 aliphatic heterocycles. The molecule has 1 aromatic carbocycles. The molecule has 0 aromatic heterocycles. The molecule has 0 aliphatic rings. The van der Waals surface area contributed by atoms with Gasteiger partial charge in [0.15, 0.2) is 0 Å². The number of rotatable bonds is 3. The van der Waals surface area contributed by atoms with E-state index in [9.17, 15) is 39.5 Å². The maximum atomic E-state index is 12.7. The van der Waals surface area contributed by atoms with Crippen LogP contribution in [0.4, 0.5) is 45.2 Å². The highest BCUT2D eigenvalue weighted by Crippen LogP contribution is 2.54. The Morgan fingerprint density at radius 1 is 0.727 bits per heavy atom. The number of benzene rings is 1. The largest absolute Gasteiger partial charge is 0.497 e. The number of alkyl halides is 9. The Balaban J connectivity index is 3.43. The topological polar surface area (TPSA) is 21.3 Å². The zero-order valence-electron chi connectivity index (χ0n) is 10.6. The molecule has 0 spiro atoms. The number of methoxy groups -OCH3 is 1. The Bertz CT molecular complexity index is 464. The zero-order chi connectivity index (χ0) is 17.4. The molecular weight excluding hydrogens is 333 g/mol. The summed E-state index contributed by atoms with van der Waals surface area (Å²) in [5.74, 6) is 0.0437. The summed E-state index contributed by atoms with van der Waals surface area (Å²) in [4.78, 5) is 0. The molecule has 0 aliphatic carbocycles. The Labute approximate surface area is 117 Å². The third-order valence-electron chi connectivity index (χ3n) is 2.70. The maximum absolute atomic E-state index is 12.7. The Morgan fingerprint density at radius 3 is 1.36 bits per heavy atom. The predicted octanol–water partition coefficient (Wildman–Crippen LogP) is 4.53. The van der Waals surface area contributed by atoms with E-state index in [0.717, 1.165) is 19.2 Å². The molecule has 0 radical (unpaired) electrons. The van der Waals surface area contributed by atoms with Gasteiger partial charge in [-0.25, -0.2) is 0 Å². The number of anilines is 1. The summed E-state index contributed by atoms with van der Waals surface area (Å²) in [7, 11) is 1.16. The lowest BCUT2D eigenvalue weighted by molar-refractivity contribution is -0.370. The van der Waals surface area contributed by atoms with E-state index in [-0.39, 0.29) is 5.75 Å². The van der Waals surface area contributed by atoms with Crippen molar-refractivity contribution in [2.45, 2.75) is 24.1 Å². The van der Waals surface area contributed by atoms with Gasteiger partial charge < -0.3 is 10.1 Å². The van der Waals surface area contributed by atoms with Crippen molar-refractivity contribution in [3.8, 4) is 5.75 Å². The Hall–Kier alpha value is -1.81. The minimum Gasteiger partial charge on any atom is -0.497 e. The Morgan fingerprint density at radius 2 is 1.09 bits per heavy atom. The molecule has 22 heavy (non-hydrogen) atoms. The highest BCUT2D eigenvalue weighted by molar-refractivity contribution is 5.50. The summed E-state index contributed by atoms with van der Waals surface area (Å²) >= 11 is 0. The van der Waals surface area contributed by atoms with Crippen LogP contribution >= 0.6 is 0 Å². The number of nitrogens with one attached hydrogen (secondary N) is 1. The van der Waals surface area contributed by atoms with Gasteiger partial charge in [0.1, 0.15) is 5.75 Å². The molecule has 0 fully saturated rings. The monoisotopic (exact) mass is 341 g/mol. The second-order valence-corrected chi connectivity index (χ2v) is 4.10. The zero-order valence-corrected chi connectivity index (χ0v) is 10.6. The van der Waals surface area contributed by atoms with Crippen LogP contribution in [0.25, 0.3) is 0 Å². The molecule has 0 saturated heterocycles. The third kappa shape index (κ3) is 3.02. The molecule has 0 heterocycles. The van der Waals surface area contributed by atoms with E-state index in [1.807, 2.05) is 0 Å². The molecule has 0 bridgehead atoms. The lowest BCUT2D eigenvalue weighted by atomic mass is 9.96. The van der Waals surface area contributed by atoms with Gasteiger partial charge in [-0.2, -0.15) is 39.5 Å². The van der Waals surface area contributed by atoms with Gasteiger partial charge in [-0.05, 0) is 24.3 Å². The van der Waals surface area contributed by atoms with Crippen LogP contribution in [0.2, 0.25) is 0 Å². The van der Waals surface area contributed by atoms with Crippen LogP contribution in [0.3, 0.4) is 0 Å². The van der Waals surface area contributed by atoms with Gasteiger partial charge in [0.05, 0.1) is 7.11 Å². The summed E-state index contributed by atoms with van der Waals surface area (Å²) in [5.41, 5.74) is -7.10. The molecule has 2 nitrogen and oxygen atoms in total. The van der Waals surface area contributed by atoms with E-state index in [4.69, 9.17) is 0 Å². The normalized spacial score (nSPS) is 13.9. The van der Waals surface area contributed by atoms with Crippen molar-refractivity contribution in [2.24, 2.45) is 0 Å². The average molecular weight is 341 g/mol. The van der Waals surface area contributed by atoms with Crippen LogP contribution in [0.5, 0.6) is 5.75 Å². The van der Waals surface area contributed by atoms with Crippen LogP contribution in [0.15, 0.2) is 24.3 Å². The highest BCUT2D eigenvalue weighted by Gasteiger charge is 2.84. The molecular formula is C11H8F9NO. The van der Waals surface area contributed by atoms with E-state index in [1.165, 1.54) is 0 Å². The molecule has 1 aromatic rings. The van der Waals surface area contributed by atoms with Crippen molar-refractivity contribution in [1.82, 2.24) is 0 Å². The first-order valence-electron chi connectivity index (χ1n) is 5.38. The third-order valence-corrected chi connectivity index (χ3v) is 2.70. The van der Waals surface area contributed by atoms with E-state index < -0.39 is 29.8 Å². The van der Waals surface area contributed by atoms with Gasteiger partial charge >= 0.3 is 24.1 Å². The molecule has 0 amide bonds. The molecule has 126 valence electrons. The molecule has 0 saturated carbocycles. The van der Waals surface area contributed by atoms with Crippen molar-refractivity contribution in [2.75, 3.05) is 12.4 Å². The van der Waals surface area contributed by atoms with Crippen molar-refractivity contribution in [3.05, 3.63) is 24.3 Å². The quantitative estimate of drug-likeness (QED) is 0.816. The lowest BCUT2D eigenvalue weighted by Gasteiger charge is -2.39. The fourth-order valence-electron chi connectivity index (χ4n) is 1.59. The van der Waals surface area contributed by atoms with Crippen molar-refractivity contribution in [3.63, 3.8) is 0 Å². The summed E-state index contributed by atoms with van der Waals surface area (Å²) in [6.07, 6.45) is -20.0. The average Bonchev–Trinajstić information content (AvgIpc) is 2.32. The minimum atomic E-state index is -6.66. The number of hydrogen-bond donors (Lipinski definition) is 1. The van der Waals surface area contributed by atoms with E-state index in [2.05, 4.69) is 4.74 Å². The summed E-state index contributed by atoms with van der Waals surface area (Å²) < 4.78 is 119. The highest BCUT2D eigenvalue weighted by atomic mass is 19.4. The standard InChI is InChI=1S/C11H8F9NO/c1-22-7-4-2-6(3-5-7)21-8(9(12,13)14,10(15,16)17)11(18,19)20/h2-5,21H,1H3. The van der Waals surface area contributed by atoms with Crippen LogP contribution in [0, 0.1) is 0 Å². The fourth-order valence-corrected chi connectivity index (χ4v) is 1.59. The van der Waals surface area contributed by atoms with Crippen molar-refractivity contribution >= 4 is 5.69 Å². The molecule has 0 unspecified atom stereocenters. The van der Waals surface area contributed by atoms with Gasteiger partial charge in [-0.15, -0.1) is 0 Å². The van der Waals surface area contributed by atoms with E-state index in [1.54, 1.807) is 0 Å². The molecule has 0 atom stereocenters. The smallest absolute Gasteiger partial charge is 0.429 e. The fraction of sp³-hybridized carbons (Fsp3) is 0.455. The second-order valence-electron chi connectivity index (χ2n) is 4.10. The first kappa shape index (κ1) is 18.2. The maximum Gasteiger partial charge on any atom is 0.429 e. The number of ether oxygens (including phenoxy) is 1. The van der Waals surface area contributed by atoms with Gasteiger partial charge in [0.25, 0.3) is 0 Å². The van der Waals surface area contributed by atoms with Gasteiger partial charge in [-0.1, -0.05) is 0 Å². The van der Waals surface area contributed by atoms with Crippen LogP contribution in [-0.4, -0.2) is 31.2 Å². The van der Waals surface area contributed by atoms with Gasteiger partial charge in [0, 0.05) is 5.69 Å². The number of hydrogen-bond acceptors (Lipinski definition) is 2. The van der Waals surface area contributed by atoms with E-state index in [0.29, 0.717) is 17.4 Å². The van der Waals surface area contributed by atoms with Crippen molar-refractivity contribution in [1.29, 1.82) is 0 Å². The van der Waals surface area contributed by atoms with Crippen LogP contribution < -0.4 is 10.1 Å². The minimum absolute atomic E-state index is 0.0437. The summed E-state index contributed by atoms with van der Waals surface area (Å²) in [5, 5.41) is 0.533. The SMILES string of the molecule is COc1ccc(NC(C(F)(F)F)(C(F)(F)F)C(F)(F)F)cc1. The summed E-state index contributed by atoms with van der Waals surface area (Å²) in [6, 6.07) is 3.04. The predicted molar refractivity (Wildman–Crippen MR) is 57.5 cm³/mol. The van der Waals surface area contributed by atoms with E-state index >= 15 is 0 Å². The second kappa shape index (κ2) is 5.43. The first-order valence-corrected chi connectivity index (χ1v) is 5.38. The van der Waals surface area contributed by atoms with Crippen LogP contribution in [-0.2, 0) is 0 Å². The lowest BCUT2D eigenvalue weighted by Crippen LogP contribution is -2.70.